The number of nitriles is 1. The Morgan fingerprint density at radius 1 is 1.26 bits per heavy atom. The van der Waals surface area contributed by atoms with Gasteiger partial charge >= 0.3 is 0 Å². The molecule has 5 heteroatoms. The molecule has 3 rings (SSSR count). The van der Waals surface area contributed by atoms with E-state index in [0.717, 1.165) is 38.6 Å². The quantitative estimate of drug-likeness (QED) is 0.795. The van der Waals surface area contributed by atoms with Crippen molar-refractivity contribution in [1.29, 1.82) is 5.26 Å². The normalized spacial score (nSPS) is 22.8. The lowest BCUT2D eigenvalue weighted by Gasteiger charge is -2.33. The molecule has 0 N–H and O–H groups in total. The van der Waals surface area contributed by atoms with E-state index in [9.17, 15) is 0 Å². The summed E-state index contributed by atoms with van der Waals surface area (Å²) < 4.78 is 16.9. The molecule has 2 aliphatic rings. The maximum Gasteiger partial charge on any atom is 0.163 e. The van der Waals surface area contributed by atoms with Gasteiger partial charge in [0, 0.05) is 25.7 Å². The van der Waals surface area contributed by atoms with Gasteiger partial charge in [0.1, 0.15) is 12.7 Å². The average Bonchev–Trinajstić information content (AvgIpc) is 2.47. The predicted molar refractivity (Wildman–Crippen MR) is 68.3 cm³/mol. The van der Waals surface area contributed by atoms with Crippen molar-refractivity contribution >= 4 is 0 Å². The molecule has 5 nitrogen and oxygen atoms in total. The van der Waals surface area contributed by atoms with Crippen LogP contribution in [0, 0.1) is 11.3 Å². The SMILES string of the molecule is N#Cc1ccc2c(c1)OC(CN1CCOCC1)CO2. The first-order valence-corrected chi connectivity index (χ1v) is 6.49. The minimum atomic E-state index is 0.0135. The third-order valence-corrected chi connectivity index (χ3v) is 3.36. The number of hydrogen-bond acceptors (Lipinski definition) is 5. The highest BCUT2D eigenvalue weighted by Crippen LogP contribution is 2.32. The van der Waals surface area contributed by atoms with Crippen molar-refractivity contribution in [2.24, 2.45) is 0 Å². The standard InChI is InChI=1S/C14H16N2O3/c15-8-11-1-2-13-14(7-11)19-12(10-18-13)9-16-3-5-17-6-4-16/h1-2,7,12H,3-6,9-10H2. The Hall–Kier alpha value is -1.77. The number of nitrogens with zero attached hydrogens (tertiary/aromatic N) is 2. The molecule has 0 saturated carbocycles. The van der Waals surface area contributed by atoms with E-state index in [1.165, 1.54) is 0 Å². The minimum Gasteiger partial charge on any atom is -0.486 e. The number of fused-ring (bicyclic) bond motifs is 1. The van der Waals surface area contributed by atoms with E-state index in [1.54, 1.807) is 18.2 Å². The molecule has 100 valence electrons. The van der Waals surface area contributed by atoms with Crippen molar-refractivity contribution in [3.05, 3.63) is 23.8 Å². The molecule has 1 aromatic carbocycles. The van der Waals surface area contributed by atoms with Crippen molar-refractivity contribution < 1.29 is 14.2 Å². The van der Waals surface area contributed by atoms with Gasteiger partial charge in [-0.3, -0.25) is 4.90 Å². The lowest BCUT2D eigenvalue weighted by atomic mass is 10.2. The molecular formula is C14H16N2O3. The van der Waals surface area contributed by atoms with Crippen LogP contribution in [0.5, 0.6) is 11.5 Å². The Balaban J connectivity index is 1.65. The van der Waals surface area contributed by atoms with Gasteiger partial charge in [-0.1, -0.05) is 0 Å². The summed E-state index contributed by atoms with van der Waals surface area (Å²) in [7, 11) is 0. The van der Waals surface area contributed by atoms with Crippen LogP contribution in [0.25, 0.3) is 0 Å². The topological polar surface area (TPSA) is 54.7 Å². The number of hydrogen-bond donors (Lipinski definition) is 0. The highest BCUT2D eigenvalue weighted by Gasteiger charge is 2.24. The predicted octanol–water partition coefficient (Wildman–Crippen LogP) is 1.03. The lowest BCUT2D eigenvalue weighted by Crippen LogP contribution is -2.45. The second-order valence-corrected chi connectivity index (χ2v) is 4.74. The van der Waals surface area contributed by atoms with Gasteiger partial charge in [0.25, 0.3) is 0 Å². The van der Waals surface area contributed by atoms with Crippen LogP contribution in [0.4, 0.5) is 0 Å². The molecule has 0 aromatic heterocycles. The molecule has 0 bridgehead atoms. The van der Waals surface area contributed by atoms with Gasteiger partial charge in [0.05, 0.1) is 24.8 Å². The summed E-state index contributed by atoms with van der Waals surface area (Å²) in [5.41, 5.74) is 0.592. The second-order valence-electron chi connectivity index (χ2n) is 4.74. The van der Waals surface area contributed by atoms with Gasteiger partial charge in [-0.2, -0.15) is 5.26 Å². The molecule has 1 fully saturated rings. The number of ether oxygens (including phenoxy) is 3. The van der Waals surface area contributed by atoms with E-state index >= 15 is 0 Å². The molecular weight excluding hydrogens is 244 g/mol. The van der Waals surface area contributed by atoms with E-state index in [2.05, 4.69) is 11.0 Å². The number of benzene rings is 1. The Kier molecular flexibility index (Phi) is 3.53. The van der Waals surface area contributed by atoms with E-state index in [1.807, 2.05) is 0 Å². The molecule has 2 heterocycles. The fraction of sp³-hybridized carbons (Fsp3) is 0.500. The first kappa shape index (κ1) is 12.3. The summed E-state index contributed by atoms with van der Waals surface area (Å²) in [6, 6.07) is 7.38. The van der Waals surface area contributed by atoms with Gasteiger partial charge < -0.3 is 14.2 Å². The van der Waals surface area contributed by atoms with Crippen molar-refractivity contribution in [2.75, 3.05) is 39.5 Å². The van der Waals surface area contributed by atoms with Gasteiger partial charge in [0.2, 0.25) is 0 Å². The summed E-state index contributed by atoms with van der Waals surface area (Å²) in [5.74, 6) is 1.39. The summed E-state index contributed by atoms with van der Waals surface area (Å²) in [6.45, 7) is 4.82. The van der Waals surface area contributed by atoms with E-state index in [0.29, 0.717) is 17.9 Å². The molecule has 2 aliphatic heterocycles. The Morgan fingerprint density at radius 3 is 2.89 bits per heavy atom. The lowest BCUT2D eigenvalue weighted by molar-refractivity contribution is 0.00313. The zero-order valence-electron chi connectivity index (χ0n) is 10.7. The van der Waals surface area contributed by atoms with Crippen LogP contribution in [0.15, 0.2) is 18.2 Å². The van der Waals surface area contributed by atoms with E-state index in [4.69, 9.17) is 19.5 Å². The third-order valence-electron chi connectivity index (χ3n) is 3.36. The average molecular weight is 260 g/mol. The molecule has 0 amide bonds. The van der Waals surface area contributed by atoms with Gasteiger partial charge in [0.15, 0.2) is 11.5 Å². The molecule has 0 radical (unpaired) electrons. The smallest absolute Gasteiger partial charge is 0.163 e. The van der Waals surface area contributed by atoms with Crippen LogP contribution >= 0.6 is 0 Å². The number of morpholine rings is 1. The zero-order valence-corrected chi connectivity index (χ0v) is 10.7. The van der Waals surface area contributed by atoms with Gasteiger partial charge in [-0.25, -0.2) is 0 Å². The third kappa shape index (κ3) is 2.80. The van der Waals surface area contributed by atoms with Crippen molar-refractivity contribution in [2.45, 2.75) is 6.10 Å². The van der Waals surface area contributed by atoms with Crippen LogP contribution in [-0.2, 0) is 4.74 Å². The maximum atomic E-state index is 8.90. The highest BCUT2D eigenvalue weighted by molar-refractivity contribution is 5.47. The van der Waals surface area contributed by atoms with E-state index < -0.39 is 0 Å². The minimum absolute atomic E-state index is 0.0135. The van der Waals surface area contributed by atoms with Crippen LogP contribution in [0.2, 0.25) is 0 Å². The van der Waals surface area contributed by atoms with Crippen LogP contribution in [0.3, 0.4) is 0 Å². The molecule has 19 heavy (non-hydrogen) atoms. The molecule has 1 atom stereocenters. The van der Waals surface area contributed by atoms with Crippen molar-refractivity contribution in [3.63, 3.8) is 0 Å². The van der Waals surface area contributed by atoms with Gasteiger partial charge in [-0.15, -0.1) is 0 Å². The molecule has 1 saturated heterocycles. The Labute approximate surface area is 112 Å². The molecule has 0 spiro atoms. The van der Waals surface area contributed by atoms with Crippen molar-refractivity contribution in [3.8, 4) is 17.6 Å². The summed E-state index contributed by atoms with van der Waals surface area (Å²) in [5, 5.41) is 8.90. The largest absolute Gasteiger partial charge is 0.486 e. The summed E-state index contributed by atoms with van der Waals surface area (Å²) in [6.07, 6.45) is 0.0135. The van der Waals surface area contributed by atoms with Gasteiger partial charge in [-0.05, 0) is 12.1 Å². The summed E-state index contributed by atoms with van der Waals surface area (Å²) >= 11 is 0. The zero-order chi connectivity index (χ0) is 13.1. The van der Waals surface area contributed by atoms with E-state index in [-0.39, 0.29) is 6.10 Å². The van der Waals surface area contributed by atoms with Crippen molar-refractivity contribution in [1.82, 2.24) is 4.90 Å². The molecule has 1 aromatic rings. The first-order valence-electron chi connectivity index (χ1n) is 6.49. The number of rotatable bonds is 2. The molecule has 1 unspecified atom stereocenters. The maximum absolute atomic E-state index is 8.90. The van der Waals surface area contributed by atoms with Crippen LogP contribution in [-0.4, -0.2) is 50.5 Å². The highest BCUT2D eigenvalue weighted by atomic mass is 16.6. The monoisotopic (exact) mass is 260 g/mol. The fourth-order valence-electron chi connectivity index (χ4n) is 2.35. The van der Waals surface area contributed by atoms with Crippen LogP contribution < -0.4 is 9.47 Å². The van der Waals surface area contributed by atoms with Crippen LogP contribution in [0.1, 0.15) is 5.56 Å². The second kappa shape index (κ2) is 5.47. The Bertz CT molecular complexity index is 492. The summed E-state index contributed by atoms with van der Waals surface area (Å²) in [4.78, 5) is 2.32. The Morgan fingerprint density at radius 2 is 2.11 bits per heavy atom. The fourth-order valence-corrected chi connectivity index (χ4v) is 2.35. The molecule has 0 aliphatic carbocycles. The first-order chi connectivity index (χ1) is 9.35.